The summed E-state index contributed by atoms with van der Waals surface area (Å²) in [5, 5.41) is 16.7. The normalized spacial score (nSPS) is 13.0. The number of hydrogen-bond donors (Lipinski definition) is 2. The number of thiophene rings is 1. The standard InChI is InChI=1S/C23H26N4O8S2/c1-4-34-21(29)17-13(3)18(22(30)35-5-2)37-20(17)25-23(36)24-19(28)15-12-14(27(31)32)6-7-16(15)26-8-10-33-11-9-26/h6-7,12H,4-5,8-11H2,1-3H3,(H2,24,25,28,36). The highest BCUT2D eigenvalue weighted by Crippen LogP contribution is 2.34. The first-order chi connectivity index (χ1) is 17.7. The molecule has 3 rings (SSSR count). The van der Waals surface area contributed by atoms with Gasteiger partial charge in [0.05, 0.1) is 48.2 Å². The van der Waals surface area contributed by atoms with Crippen LogP contribution in [0.1, 0.15) is 49.8 Å². The van der Waals surface area contributed by atoms with Gasteiger partial charge in [0.25, 0.3) is 11.6 Å². The van der Waals surface area contributed by atoms with Crippen molar-refractivity contribution in [1.82, 2.24) is 5.32 Å². The Labute approximate surface area is 222 Å². The molecule has 0 saturated carbocycles. The number of thiocarbonyl (C=S) groups is 1. The van der Waals surface area contributed by atoms with Crippen molar-refractivity contribution in [2.75, 3.05) is 49.7 Å². The molecule has 14 heteroatoms. The van der Waals surface area contributed by atoms with Crippen LogP contribution in [0.5, 0.6) is 0 Å². The highest BCUT2D eigenvalue weighted by Gasteiger charge is 2.28. The van der Waals surface area contributed by atoms with Gasteiger partial charge in [0.2, 0.25) is 0 Å². The number of anilines is 2. The van der Waals surface area contributed by atoms with Gasteiger partial charge in [-0.2, -0.15) is 0 Å². The summed E-state index contributed by atoms with van der Waals surface area (Å²) in [7, 11) is 0. The number of rotatable bonds is 8. The molecular formula is C23H26N4O8S2. The van der Waals surface area contributed by atoms with E-state index < -0.39 is 22.8 Å². The third-order valence-electron chi connectivity index (χ3n) is 5.33. The number of carbonyl (C=O) groups excluding carboxylic acids is 3. The molecule has 2 heterocycles. The number of benzene rings is 1. The average Bonchev–Trinajstić information content (AvgIpc) is 3.19. The van der Waals surface area contributed by atoms with Crippen molar-refractivity contribution in [2.45, 2.75) is 20.8 Å². The first-order valence-corrected chi connectivity index (χ1v) is 12.6. The number of ether oxygens (including phenoxy) is 3. The van der Waals surface area contributed by atoms with Crippen LogP contribution < -0.4 is 15.5 Å². The summed E-state index contributed by atoms with van der Waals surface area (Å²) in [6.45, 7) is 7.08. The molecule has 1 amide bonds. The molecule has 198 valence electrons. The molecule has 0 spiro atoms. The lowest BCUT2D eigenvalue weighted by Gasteiger charge is -2.30. The van der Waals surface area contributed by atoms with Crippen LogP contribution in [0, 0.1) is 17.0 Å². The Morgan fingerprint density at radius 1 is 1.16 bits per heavy atom. The van der Waals surface area contributed by atoms with E-state index in [1.165, 1.54) is 18.2 Å². The van der Waals surface area contributed by atoms with E-state index in [0.29, 0.717) is 37.6 Å². The molecule has 0 radical (unpaired) electrons. The molecule has 1 aliphatic rings. The van der Waals surface area contributed by atoms with Gasteiger partial charge < -0.3 is 24.4 Å². The van der Waals surface area contributed by atoms with E-state index in [-0.39, 0.29) is 45.0 Å². The number of nitrogens with one attached hydrogen (secondary N) is 2. The van der Waals surface area contributed by atoms with E-state index in [0.717, 1.165) is 11.3 Å². The Kier molecular flexibility index (Phi) is 9.49. The Bertz CT molecular complexity index is 1220. The zero-order chi connectivity index (χ0) is 27.1. The molecule has 0 aliphatic carbocycles. The van der Waals surface area contributed by atoms with E-state index in [1.807, 2.05) is 4.90 Å². The second kappa shape index (κ2) is 12.6. The van der Waals surface area contributed by atoms with E-state index in [9.17, 15) is 24.5 Å². The molecule has 1 aromatic heterocycles. The number of nitro groups is 1. The minimum Gasteiger partial charge on any atom is -0.462 e. The summed E-state index contributed by atoms with van der Waals surface area (Å²) in [6, 6.07) is 4.03. The quantitative estimate of drug-likeness (QED) is 0.216. The molecule has 0 bridgehead atoms. The van der Waals surface area contributed by atoms with Crippen LogP contribution >= 0.6 is 23.6 Å². The lowest BCUT2D eigenvalue weighted by Crippen LogP contribution is -2.39. The Morgan fingerprint density at radius 2 is 1.81 bits per heavy atom. The zero-order valence-electron chi connectivity index (χ0n) is 20.5. The number of carbonyl (C=O) groups is 3. The predicted molar refractivity (Wildman–Crippen MR) is 141 cm³/mol. The van der Waals surface area contributed by atoms with Crippen molar-refractivity contribution < 1.29 is 33.5 Å². The van der Waals surface area contributed by atoms with Crippen molar-refractivity contribution >= 4 is 62.9 Å². The van der Waals surface area contributed by atoms with E-state index >= 15 is 0 Å². The molecule has 1 saturated heterocycles. The Hall–Kier alpha value is -3.62. The predicted octanol–water partition coefficient (Wildman–Crippen LogP) is 3.28. The zero-order valence-corrected chi connectivity index (χ0v) is 22.1. The maximum atomic E-state index is 13.2. The summed E-state index contributed by atoms with van der Waals surface area (Å²) in [5.74, 6) is -1.96. The van der Waals surface area contributed by atoms with E-state index in [4.69, 9.17) is 26.4 Å². The molecule has 12 nitrogen and oxygen atoms in total. The number of nitrogens with zero attached hydrogens (tertiary/aromatic N) is 2. The van der Waals surface area contributed by atoms with Crippen molar-refractivity contribution in [3.8, 4) is 0 Å². The number of esters is 2. The monoisotopic (exact) mass is 550 g/mol. The fourth-order valence-corrected chi connectivity index (χ4v) is 5.00. The summed E-state index contributed by atoms with van der Waals surface area (Å²) in [4.78, 5) is 51.0. The maximum absolute atomic E-state index is 13.2. The van der Waals surface area contributed by atoms with Crippen LogP contribution in [0.15, 0.2) is 18.2 Å². The van der Waals surface area contributed by atoms with Gasteiger partial charge in [0, 0.05) is 25.2 Å². The van der Waals surface area contributed by atoms with Crippen molar-refractivity contribution in [2.24, 2.45) is 0 Å². The SMILES string of the molecule is CCOC(=O)c1sc(NC(=S)NC(=O)c2cc([N+](=O)[O-])ccc2N2CCOCC2)c(C(=O)OCC)c1C. The molecule has 0 atom stereocenters. The largest absolute Gasteiger partial charge is 0.462 e. The fraction of sp³-hybridized carbons (Fsp3) is 0.391. The molecule has 0 unspecified atom stereocenters. The van der Waals surface area contributed by atoms with Gasteiger partial charge >= 0.3 is 11.9 Å². The minimum absolute atomic E-state index is 0.0560. The van der Waals surface area contributed by atoms with Gasteiger partial charge in [0.15, 0.2) is 5.11 Å². The molecule has 1 aromatic carbocycles. The minimum atomic E-state index is -0.681. The summed E-state index contributed by atoms with van der Waals surface area (Å²) >= 11 is 6.24. The molecule has 37 heavy (non-hydrogen) atoms. The van der Waals surface area contributed by atoms with E-state index in [1.54, 1.807) is 20.8 Å². The first-order valence-electron chi connectivity index (χ1n) is 11.4. The smallest absolute Gasteiger partial charge is 0.348 e. The third-order valence-corrected chi connectivity index (χ3v) is 6.72. The molecular weight excluding hydrogens is 524 g/mol. The molecule has 2 N–H and O–H groups in total. The van der Waals surface area contributed by atoms with Gasteiger partial charge in [-0.25, -0.2) is 9.59 Å². The number of non-ortho nitro benzene ring substituents is 1. The molecule has 1 fully saturated rings. The third kappa shape index (κ3) is 6.58. The van der Waals surface area contributed by atoms with Gasteiger partial charge in [-0.1, -0.05) is 0 Å². The Balaban J connectivity index is 1.88. The number of nitro benzene ring substituents is 1. The van der Waals surface area contributed by atoms with E-state index in [2.05, 4.69) is 10.6 Å². The van der Waals surface area contributed by atoms with Crippen LogP contribution in [0.25, 0.3) is 0 Å². The van der Waals surface area contributed by atoms with Crippen molar-refractivity contribution in [1.29, 1.82) is 0 Å². The summed E-state index contributed by atoms with van der Waals surface area (Å²) in [6.07, 6.45) is 0. The second-order valence-corrected chi connectivity index (χ2v) is 9.10. The van der Waals surface area contributed by atoms with Gasteiger partial charge in [-0.15, -0.1) is 11.3 Å². The van der Waals surface area contributed by atoms with Crippen LogP contribution in [-0.2, 0) is 14.2 Å². The summed E-state index contributed by atoms with van der Waals surface area (Å²) in [5.41, 5.74) is 0.750. The average molecular weight is 551 g/mol. The Morgan fingerprint density at radius 3 is 2.43 bits per heavy atom. The highest BCUT2D eigenvalue weighted by molar-refractivity contribution is 7.80. The lowest BCUT2D eigenvalue weighted by molar-refractivity contribution is -0.384. The van der Waals surface area contributed by atoms with Crippen LogP contribution in [0.3, 0.4) is 0 Å². The van der Waals surface area contributed by atoms with Crippen molar-refractivity contribution in [3.05, 3.63) is 49.9 Å². The van der Waals surface area contributed by atoms with Crippen LogP contribution in [0.2, 0.25) is 0 Å². The number of hydrogen-bond acceptors (Lipinski definition) is 11. The summed E-state index contributed by atoms with van der Waals surface area (Å²) < 4.78 is 15.5. The number of morpholine rings is 1. The maximum Gasteiger partial charge on any atom is 0.348 e. The fourth-order valence-electron chi connectivity index (χ4n) is 3.65. The highest BCUT2D eigenvalue weighted by atomic mass is 32.1. The van der Waals surface area contributed by atoms with Crippen molar-refractivity contribution in [3.63, 3.8) is 0 Å². The second-order valence-electron chi connectivity index (χ2n) is 7.67. The molecule has 1 aliphatic heterocycles. The lowest BCUT2D eigenvalue weighted by atomic mass is 10.1. The van der Waals surface area contributed by atoms with Gasteiger partial charge in [-0.3, -0.25) is 20.2 Å². The van der Waals surface area contributed by atoms with Crippen LogP contribution in [-0.4, -0.2) is 67.4 Å². The van der Waals surface area contributed by atoms with Gasteiger partial charge in [0.1, 0.15) is 9.88 Å². The topological polar surface area (TPSA) is 149 Å². The van der Waals surface area contributed by atoms with Crippen LogP contribution in [0.4, 0.5) is 16.4 Å². The first kappa shape index (κ1) is 28.0. The van der Waals surface area contributed by atoms with Gasteiger partial charge in [-0.05, 0) is 44.6 Å². The molecule has 2 aromatic rings. The number of amides is 1.